The number of carboxylic acid groups (broad SMARTS) is 1. The molecule has 11 heavy (non-hydrogen) atoms. The lowest BCUT2D eigenvalue weighted by Gasteiger charge is -1.96. The molecule has 0 aromatic carbocycles. The fourth-order valence-corrected chi connectivity index (χ4v) is 1.25. The van der Waals surface area contributed by atoms with Crippen LogP contribution in [0.25, 0.3) is 0 Å². The van der Waals surface area contributed by atoms with Crippen LogP contribution in [0.4, 0.5) is 0 Å². The first-order valence-corrected chi connectivity index (χ1v) is 4.20. The second-order valence-electron chi connectivity index (χ2n) is 3.03. The quantitative estimate of drug-likeness (QED) is 0.616. The molecular weight excluding hydrogens is 140 g/mol. The van der Waals surface area contributed by atoms with Gasteiger partial charge in [0.05, 0.1) is 0 Å². The van der Waals surface area contributed by atoms with E-state index in [0.29, 0.717) is 11.5 Å². The molecule has 0 amide bonds. The van der Waals surface area contributed by atoms with Gasteiger partial charge in [0.25, 0.3) is 0 Å². The van der Waals surface area contributed by atoms with Gasteiger partial charge in [-0.3, -0.25) is 0 Å². The van der Waals surface area contributed by atoms with E-state index in [0.717, 1.165) is 12.8 Å². The van der Waals surface area contributed by atoms with Gasteiger partial charge in [0.15, 0.2) is 0 Å². The van der Waals surface area contributed by atoms with E-state index in [-0.39, 0.29) is 0 Å². The molecule has 1 rings (SSSR count). The Balaban J connectivity index is 2.03. The van der Waals surface area contributed by atoms with Crippen LogP contribution in [0.5, 0.6) is 0 Å². The van der Waals surface area contributed by atoms with Crippen molar-refractivity contribution < 1.29 is 9.90 Å². The number of allylic oxidation sites excluding steroid dienone is 1. The van der Waals surface area contributed by atoms with E-state index < -0.39 is 5.97 Å². The van der Waals surface area contributed by atoms with Crippen molar-refractivity contribution in [2.24, 2.45) is 5.92 Å². The van der Waals surface area contributed by atoms with Crippen molar-refractivity contribution in [3.8, 4) is 0 Å². The number of hydrogen-bond donors (Lipinski definition) is 1. The van der Waals surface area contributed by atoms with E-state index in [1.165, 1.54) is 12.8 Å². The Morgan fingerprint density at radius 3 is 2.82 bits per heavy atom. The fraction of sp³-hybridized carbons (Fsp3) is 0.667. The SMILES string of the molecule is CCCCCC1C=C1C(=O)O. The summed E-state index contributed by atoms with van der Waals surface area (Å²) in [5.74, 6) is -0.425. The van der Waals surface area contributed by atoms with Gasteiger partial charge in [0.2, 0.25) is 0 Å². The molecule has 0 bridgehead atoms. The lowest BCUT2D eigenvalue weighted by Crippen LogP contribution is -1.95. The van der Waals surface area contributed by atoms with Crippen LogP contribution in [0, 0.1) is 5.92 Å². The molecule has 62 valence electrons. The highest BCUT2D eigenvalue weighted by molar-refractivity contribution is 5.92. The van der Waals surface area contributed by atoms with Crippen molar-refractivity contribution in [1.29, 1.82) is 0 Å². The molecular formula is C9H14O2. The number of carboxylic acids is 1. The molecule has 0 aromatic heterocycles. The average Bonchev–Trinajstić information content (AvgIpc) is 2.68. The van der Waals surface area contributed by atoms with Crippen LogP contribution in [-0.2, 0) is 4.79 Å². The normalized spacial score (nSPS) is 21.2. The van der Waals surface area contributed by atoms with Gasteiger partial charge in [-0.1, -0.05) is 32.3 Å². The largest absolute Gasteiger partial charge is 0.478 e. The summed E-state index contributed by atoms with van der Waals surface area (Å²) in [6.07, 6.45) is 6.47. The number of rotatable bonds is 5. The first-order chi connectivity index (χ1) is 5.25. The predicted octanol–water partition coefficient (Wildman–Crippen LogP) is 2.21. The van der Waals surface area contributed by atoms with Gasteiger partial charge in [-0.25, -0.2) is 4.79 Å². The summed E-state index contributed by atoms with van der Waals surface area (Å²) >= 11 is 0. The first-order valence-electron chi connectivity index (χ1n) is 4.20. The first kappa shape index (κ1) is 8.31. The lowest BCUT2D eigenvalue weighted by atomic mass is 10.1. The molecule has 1 aliphatic rings. The highest BCUT2D eigenvalue weighted by Gasteiger charge is 2.29. The summed E-state index contributed by atoms with van der Waals surface area (Å²) in [6.45, 7) is 2.15. The van der Waals surface area contributed by atoms with Gasteiger partial charge >= 0.3 is 5.97 Å². The lowest BCUT2D eigenvalue weighted by molar-refractivity contribution is -0.132. The van der Waals surface area contributed by atoms with Crippen LogP contribution in [0.2, 0.25) is 0 Å². The molecule has 2 heteroatoms. The van der Waals surface area contributed by atoms with Crippen molar-refractivity contribution in [3.63, 3.8) is 0 Å². The zero-order chi connectivity index (χ0) is 8.27. The Labute approximate surface area is 66.9 Å². The number of hydrogen-bond acceptors (Lipinski definition) is 1. The molecule has 1 aliphatic carbocycles. The van der Waals surface area contributed by atoms with Crippen LogP contribution < -0.4 is 0 Å². The summed E-state index contributed by atoms with van der Waals surface area (Å²) in [5, 5.41) is 8.51. The Bertz CT molecular complexity index is 182. The van der Waals surface area contributed by atoms with E-state index in [4.69, 9.17) is 5.11 Å². The van der Waals surface area contributed by atoms with E-state index in [2.05, 4.69) is 6.92 Å². The number of carbonyl (C=O) groups is 1. The molecule has 2 nitrogen and oxygen atoms in total. The zero-order valence-corrected chi connectivity index (χ0v) is 6.84. The molecule has 0 saturated carbocycles. The van der Waals surface area contributed by atoms with Gasteiger partial charge < -0.3 is 5.11 Å². The maximum Gasteiger partial charge on any atom is 0.331 e. The third-order valence-corrected chi connectivity index (χ3v) is 2.04. The maximum atomic E-state index is 10.3. The Hall–Kier alpha value is -0.790. The fourth-order valence-electron chi connectivity index (χ4n) is 1.25. The molecule has 0 fully saturated rings. The van der Waals surface area contributed by atoms with E-state index in [9.17, 15) is 4.79 Å². The van der Waals surface area contributed by atoms with E-state index in [1.54, 1.807) is 0 Å². The summed E-state index contributed by atoms with van der Waals surface area (Å²) in [5.41, 5.74) is 0.626. The topological polar surface area (TPSA) is 37.3 Å². The van der Waals surface area contributed by atoms with Crippen LogP contribution in [0.15, 0.2) is 11.6 Å². The molecule has 0 aliphatic heterocycles. The van der Waals surface area contributed by atoms with Crippen molar-refractivity contribution in [1.82, 2.24) is 0 Å². The Kier molecular flexibility index (Phi) is 2.69. The second kappa shape index (κ2) is 3.56. The van der Waals surface area contributed by atoms with Gasteiger partial charge in [0, 0.05) is 11.5 Å². The van der Waals surface area contributed by atoms with E-state index >= 15 is 0 Å². The van der Waals surface area contributed by atoms with Gasteiger partial charge in [0.1, 0.15) is 0 Å². The van der Waals surface area contributed by atoms with Crippen molar-refractivity contribution in [3.05, 3.63) is 11.6 Å². The number of unbranched alkanes of at least 4 members (excludes halogenated alkanes) is 2. The van der Waals surface area contributed by atoms with Crippen LogP contribution in [-0.4, -0.2) is 11.1 Å². The minimum absolute atomic E-state index is 0.305. The number of aliphatic carboxylic acids is 1. The standard InChI is InChI=1S/C9H14O2/c1-2-3-4-5-7-6-8(7)9(10)11/h6-7H,2-5H2,1H3,(H,10,11). The molecule has 0 heterocycles. The van der Waals surface area contributed by atoms with Crippen LogP contribution >= 0.6 is 0 Å². The molecule has 0 aromatic rings. The average molecular weight is 154 g/mol. The third kappa shape index (κ3) is 2.37. The van der Waals surface area contributed by atoms with Gasteiger partial charge in [-0.05, 0) is 6.42 Å². The monoisotopic (exact) mass is 154 g/mol. The minimum Gasteiger partial charge on any atom is -0.478 e. The van der Waals surface area contributed by atoms with E-state index in [1.807, 2.05) is 6.08 Å². The highest BCUT2D eigenvalue weighted by atomic mass is 16.4. The maximum absolute atomic E-state index is 10.3. The molecule has 0 spiro atoms. The van der Waals surface area contributed by atoms with Crippen LogP contribution in [0.3, 0.4) is 0 Å². The smallest absolute Gasteiger partial charge is 0.331 e. The molecule has 0 saturated heterocycles. The molecule has 0 radical (unpaired) electrons. The van der Waals surface area contributed by atoms with Crippen molar-refractivity contribution >= 4 is 5.97 Å². The summed E-state index contributed by atoms with van der Waals surface area (Å²) in [6, 6.07) is 0. The van der Waals surface area contributed by atoms with Gasteiger partial charge in [-0.2, -0.15) is 0 Å². The third-order valence-electron chi connectivity index (χ3n) is 2.04. The summed E-state index contributed by atoms with van der Waals surface area (Å²) < 4.78 is 0. The molecule has 1 atom stereocenters. The highest BCUT2D eigenvalue weighted by Crippen LogP contribution is 2.33. The summed E-state index contributed by atoms with van der Waals surface area (Å²) in [7, 11) is 0. The molecule has 1 N–H and O–H groups in total. The minimum atomic E-state index is -0.730. The molecule has 1 unspecified atom stereocenters. The Morgan fingerprint density at radius 1 is 1.64 bits per heavy atom. The predicted molar refractivity (Wildman–Crippen MR) is 43.4 cm³/mol. The van der Waals surface area contributed by atoms with Gasteiger partial charge in [-0.15, -0.1) is 0 Å². The van der Waals surface area contributed by atoms with Crippen LogP contribution in [0.1, 0.15) is 32.6 Å². The second-order valence-corrected chi connectivity index (χ2v) is 3.03. The van der Waals surface area contributed by atoms with Crippen molar-refractivity contribution in [2.75, 3.05) is 0 Å². The zero-order valence-electron chi connectivity index (χ0n) is 6.84. The summed E-state index contributed by atoms with van der Waals surface area (Å²) in [4.78, 5) is 10.3. The Morgan fingerprint density at radius 2 is 2.36 bits per heavy atom. The van der Waals surface area contributed by atoms with Crippen molar-refractivity contribution in [2.45, 2.75) is 32.6 Å².